The number of benzene rings is 1. The zero-order chi connectivity index (χ0) is 21.4. The van der Waals surface area contributed by atoms with Crippen molar-refractivity contribution in [3.63, 3.8) is 0 Å². The van der Waals surface area contributed by atoms with E-state index in [0.717, 1.165) is 6.07 Å². The Morgan fingerprint density at radius 2 is 2.03 bits per heavy atom. The lowest BCUT2D eigenvalue weighted by Gasteiger charge is -2.12. The number of nitrogens with zero attached hydrogens (tertiary/aromatic N) is 5. The minimum absolute atomic E-state index is 0.0687. The van der Waals surface area contributed by atoms with E-state index in [2.05, 4.69) is 36.3 Å². The summed E-state index contributed by atoms with van der Waals surface area (Å²) in [6, 6.07) is 3.84. The van der Waals surface area contributed by atoms with Gasteiger partial charge in [0.05, 0.1) is 28.4 Å². The number of anilines is 1. The molecule has 0 unspecified atom stereocenters. The number of nitrogens with one attached hydrogen (secondary N) is 1. The minimum atomic E-state index is -2.91. The third-order valence-electron chi connectivity index (χ3n) is 4.52. The first-order valence-electron chi connectivity index (χ1n) is 8.71. The van der Waals surface area contributed by atoms with E-state index in [9.17, 15) is 18.0 Å². The van der Waals surface area contributed by atoms with E-state index < -0.39 is 17.8 Å². The van der Waals surface area contributed by atoms with Crippen LogP contribution < -0.4 is 10.9 Å². The highest BCUT2D eigenvalue weighted by molar-refractivity contribution is 9.10. The molecule has 0 saturated heterocycles. The van der Waals surface area contributed by atoms with Gasteiger partial charge in [0, 0.05) is 31.5 Å². The SMILES string of the molecule is Cn1cc(-n2cc3c(NCc4cccc(C(F)F)c4F)ncnc3c(Br)c2=O)cn1. The summed E-state index contributed by atoms with van der Waals surface area (Å²) in [6.07, 6.45) is 3.10. The van der Waals surface area contributed by atoms with Gasteiger partial charge < -0.3 is 5.32 Å². The van der Waals surface area contributed by atoms with Crippen LogP contribution in [0.3, 0.4) is 0 Å². The second-order valence-corrected chi connectivity index (χ2v) is 7.24. The van der Waals surface area contributed by atoms with Gasteiger partial charge in [0.25, 0.3) is 12.0 Å². The number of hydrogen-bond acceptors (Lipinski definition) is 5. The zero-order valence-corrected chi connectivity index (χ0v) is 17.1. The monoisotopic (exact) mass is 478 g/mol. The number of aryl methyl sites for hydroxylation is 1. The van der Waals surface area contributed by atoms with E-state index in [0.29, 0.717) is 22.4 Å². The fourth-order valence-corrected chi connectivity index (χ4v) is 3.54. The number of halogens is 4. The first kappa shape index (κ1) is 20.1. The summed E-state index contributed by atoms with van der Waals surface area (Å²) in [5.41, 5.74) is -0.0277. The summed E-state index contributed by atoms with van der Waals surface area (Å²) in [5.74, 6) is -0.646. The third kappa shape index (κ3) is 3.56. The van der Waals surface area contributed by atoms with Gasteiger partial charge in [-0.05, 0) is 15.9 Å². The molecule has 0 saturated carbocycles. The van der Waals surface area contributed by atoms with Crippen LogP contribution in [0.4, 0.5) is 19.0 Å². The maximum atomic E-state index is 14.3. The summed E-state index contributed by atoms with van der Waals surface area (Å²) in [7, 11) is 1.72. The van der Waals surface area contributed by atoms with E-state index in [1.54, 1.807) is 24.1 Å². The maximum absolute atomic E-state index is 14.3. The first-order chi connectivity index (χ1) is 14.4. The van der Waals surface area contributed by atoms with Crippen LogP contribution in [-0.2, 0) is 13.6 Å². The molecule has 154 valence electrons. The molecule has 0 aliphatic rings. The molecule has 11 heteroatoms. The number of fused-ring (bicyclic) bond motifs is 1. The average molecular weight is 479 g/mol. The molecule has 0 amide bonds. The van der Waals surface area contributed by atoms with Crippen molar-refractivity contribution in [2.24, 2.45) is 7.05 Å². The van der Waals surface area contributed by atoms with Gasteiger partial charge in [0.15, 0.2) is 0 Å². The molecule has 0 atom stereocenters. The fourth-order valence-electron chi connectivity index (χ4n) is 3.04. The van der Waals surface area contributed by atoms with Crippen molar-refractivity contribution in [1.82, 2.24) is 24.3 Å². The minimum Gasteiger partial charge on any atom is -0.365 e. The van der Waals surface area contributed by atoms with Gasteiger partial charge >= 0.3 is 0 Å². The molecule has 1 aromatic carbocycles. The summed E-state index contributed by atoms with van der Waals surface area (Å²) in [4.78, 5) is 21.0. The van der Waals surface area contributed by atoms with E-state index in [1.807, 2.05) is 0 Å². The number of aromatic nitrogens is 5. The van der Waals surface area contributed by atoms with Crippen molar-refractivity contribution >= 4 is 32.7 Å². The van der Waals surface area contributed by atoms with Crippen LogP contribution in [0, 0.1) is 5.82 Å². The van der Waals surface area contributed by atoms with Crippen LogP contribution in [-0.4, -0.2) is 24.3 Å². The summed E-state index contributed by atoms with van der Waals surface area (Å²) in [6.45, 7) is -0.0812. The number of alkyl halides is 2. The Morgan fingerprint density at radius 3 is 2.73 bits per heavy atom. The van der Waals surface area contributed by atoms with Gasteiger partial charge in [-0.2, -0.15) is 5.10 Å². The molecule has 3 heterocycles. The van der Waals surface area contributed by atoms with Crippen molar-refractivity contribution in [3.05, 3.63) is 74.9 Å². The second-order valence-electron chi connectivity index (χ2n) is 6.45. The molecule has 4 aromatic rings. The van der Waals surface area contributed by atoms with Crippen LogP contribution >= 0.6 is 15.9 Å². The zero-order valence-electron chi connectivity index (χ0n) is 15.5. The predicted octanol–water partition coefficient (Wildman–Crippen LogP) is 3.97. The van der Waals surface area contributed by atoms with E-state index in [-0.39, 0.29) is 22.1 Å². The smallest absolute Gasteiger partial charge is 0.271 e. The van der Waals surface area contributed by atoms with E-state index >= 15 is 0 Å². The van der Waals surface area contributed by atoms with Gasteiger partial charge in [-0.1, -0.05) is 18.2 Å². The molecule has 4 rings (SSSR count). The molecular weight excluding hydrogens is 465 g/mol. The summed E-state index contributed by atoms with van der Waals surface area (Å²) >= 11 is 3.28. The second kappa shape index (κ2) is 7.90. The Kier molecular flexibility index (Phi) is 5.29. The predicted molar refractivity (Wildman–Crippen MR) is 108 cm³/mol. The van der Waals surface area contributed by atoms with Crippen molar-refractivity contribution in [2.75, 3.05) is 5.32 Å². The topological polar surface area (TPSA) is 77.6 Å². The molecular formula is C19H14BrF3N6O. The highest BCUT2D eigenvalue weighted by Gasteiger charge is 2.17. The molecule has 30 heavy (non-hydrogen) atoms. The quantitative estimate of drug-likeness (QED) is 0.469. The van der Waals surface area contributed by atoms with E-state index in [1.165, 1.54) is 29.2 Å². The number of hydrogen-bond donors (Lipinski definition) is 1. The van der Waals surface area contributed by atoms with Gasteiger partial charge in [0.1, 0.15) is 22.4 Å². The van der Waals surface area contributed by atoms with Crippen LogP contribution in [0.5, 0.6) is 0 Å². The lowest BCUT2D eigenvalue weighted by atomic mass is 10.1. The first-order valence-corrected chi connectivity index (χ1v) is 9.50. The Labute approximate surface area is 176 Å². The Morgan fingerprint density at radius 1 is 1.23 bits per heavy atom. The number of pyridine rings is 1. The Hall–Kier alpha value is -3.21. The van der Waals surface area contributed by atoms with Crippen LogP contribution in [0.25, 0.3) is 16.6 Å². The lowest BCUT2D eigenvalue weighted by Crippen LogP contribution is -2.19. The maximum Gasteiger partial charge on any atom is 0.271 e. The Bertz CT molecular complexity index is 1300. The van der Waals surface area contributed by atoms with Crippen molar-refractivity contribution in [2.45, 2.75) is 13.0 Å². The van der Waals surface area contributed by atoms with Crippen molar-refractivity contribution in [1.29, 1.82) is 0 Å². The third-order valence-corrected chi connectivity index (χ3v) is 5.23. The molecule has 0 aliphatic heterocycles. The summed E-state index contributed by atoms with van der Waals surface area (Å²) < 4.78 is 43.4. The normalized spacial score (nSPS) is 11.4. The van der Waals surface area contributed by atoms with Crippen LogP contribution in [0.2, 0.25) is 0 Å². The van der Waals surface area contributed by atoms with E-state index in [4.69, 9.17) is 0 Å². The number of rotatable bonds is 5. The standard InChI is InChI=1S/C19H14BrF3N6O/c1-28-7-11(6-27-28)29-8-13-16(14(20)19(29)30)25-9-26-18(13)24-5-10-3-2-4-12(15(10)21)17(22)23/h2-4,6-9,17H,5H2,1H3,(H,24,25,26). The largest absolute Gasteiger partial charge is 0.365 e. The highest BCUT2D eigenvalue weighted by atomic mass is 79.9. The molecule has 0 spiro atoms. The van der Waals surface area contributed by atoms with Crippen molar-refractivity contribution in [3.8, 4) is 5.69 Å². The van der Waals surface area contributed by atoms with Gasteiger partial charge in [-0.25, -0.2) is 23.1 Å². The lowest BCUT2D eigenvalue weighted by molar-refractivity contribution is 0.146. The molecule has 7 nitrogen and oxygen atoms in total. The molecule has 0 aliphatic carbocycles. The van der Waals surface area contributed by atoms with Gasteiger partial charge in [0.2, 0.25) is 0 Å². The molecule has 1 N–H and O–H groups in total. The fraction of sp³-hybridized carbons (Fsp3) is 0.158. The summed E-state index contributed by atoms with van der Waals surface area (Å²) in [5, 5.41) is 7.50. The molecule has 0 fully saturated rings. The van der Waals surface area contributed by atoms with Crippen LogP contribution in [0.1, 0.15) is 17.6 Å². The van der Waals surface area contributed by atoms with Crippen LogP contribution in [0.15, 0.2) is 52.4 Å². The molecule has 0 radical (unpaired) electrons. The Balaban J connectivity index is 1.76. The average Bonchev–Trinajstić information content (AvgIpc) is 3.15. The van der Waals surface area contributed by atoms with Crippen molar-refractivity contribution < 1.29 is 13.2 Å². The molecule has 3 aromatic heterocycles. The molecule has 0 bridgehead atoms. The van der Waals surface area contributed by atoms with Gasteiger partial charge in [-0.3, -0.25) is 14.0 Å². The van der Waals surface area contributed by atoms with Gasteiger partial charge in [-0.15, -0.1) is 0 Å². The highest BCUT2D eigenvalue weighted by Crippen LogP contribution is 2.27.